The van der Waals surface area contributed by atoms with Gasteiger partial charge in [0.1, 0.15) is 0 Å². The summed E-state index contributed by atoms with van der Waals surface area (Å²) in [6.07, 6.45) is 8.59. The van der Waals surface area contributed by atoms with E-state index in [-0.39, 0.29) is 25.3 Å². The molecule has 1 aliphatic carbocycles. The van der Waals surface area contributed by atoms with Gasteiger partial charge in [-0.25, -0.2) is 0 Å². The average Bonchev–Trinajstić information content (AvgIpc) is 2.52. The molecule has 0 bridgehead atoms. The normalized spacial score (nSPS) is 12.5. The zero-order valence-electron chi connectivity index (χ0n) is 12.9. The zero-order valence-corrected chi connectivity index (χ0v) is 15.8. The molecule has 0 amide bonds. The Labute approximate surface area is 128 Å². The Kier molecular flexibility index (Phi) is 18.9. The molecule has 17 heavy (non-hydrogen) atoms. The minimum atomic E-state index is 0. The van der Waals surface area contributed by atoms with Crippen LogP contribution in [0.5, 0.6) is 0 Å². The summed E-state index contributed by atoms with van der Waals surface area (Å²) in [6, 6.07) is 0. The van der Waals surface area contributed by atoms with Gasteiger partial charge in [0, 0.05) is 25.3 Å². The standard InChI is InChI=1S/C8H11.2C4H9.Sn.H2/c1-7(2)8-5-3-4-6-8;2*1-4(2)3;;/h3,5,7H,4H2,1-2H3;2*1-3H3;;1H. The first-order chi connectivity index (χ1) is 7.27. The zero-order chi connectivity index (χ0) is 13.1. The molecule has 0 aromatic rings. The Balaban J connectivity index is -0.0000000860. The molecule has 0 nitrogen and oxygen atoms in total. The van der Waals surface area contributed by atoms with Crippen LogP contribution in [0.2, 0.25) is 0 Å². The molecule has 0 saturated carbocycles. The second-order valence-electron chi connectivity index (χ2n) is 5.39. The van der Waals surface area contributed by atoms with Crippen molar-refractivity contribution in [1.29, 1.82) is 0 Å². The maximum atomic E-state index is 3.26. The summed E-state index contributed by atoms with van der Waals surface area (Å²) in [5.74, 6) is 3.49. The molecule has 0 saturated heterocycles. The van der Waals surface area contributed by atoms with Crippen LogP contribution >= 0.6 is 0 Å². The molecule has 1 heteroatoms. The van der Waals surface area contributed by atoms with Crippen molar-refractivity contribution in [2.24, 2.45) is 5.92 Å². The van der Waals surface area contributed by atoms with Gasteiger partial charge in [-0.15, -0.1) is 0 Å². The molecule has 1 aliphatic rings. The molecule has 0 aromatic heterocycles. The van der Waals surface area contributed by atoms with E-state index in [1.54, 1.807) is 0 Å². The average molecular weight is 342 g/mol. The molecule has 1 rings (SSSR count). The van der Waals surface area contributed by atoms with Gasteiger partial charge in [-0.2, -0.15) is 0 Å². The van der Waals surface area contributed by atoms with Crippen LogP contribution in [0.1, 0.15) is 63.2 Å². The molecule has 0 fully saturated rings. The van der Waals surface area contributed by atoms with Crippen LogP contribution in [0.3, 0.4) is 0 Å². The number of hydrogen-bond acceptors (Lipinski definition) is 0. The maximum Gasteiger partial charge on any atom is 0 e. The molecule has 0 aromatic carbocycles. The predicted octanol–water partition coefficient (Wildman–Crippen LogP) is 5.44. The molecule has 0 unspecified atom stereocenters. The van der Waals surface area contributed by atoms with E-state index in [0.29, 0.717) is 5.92 Å². The summed E-state index contributed by atoms with van der Waals surface area (Å²) < 4.78 is 0. The summed E-state index contributed by atoms with van der Waals surface area (Å²) in [5, 5.41) is 0. The molecular weight excluding hydrogens is 311 g/mol. The second-order valence-corrected chi connectivity index (χ2v) is 5.39. The van der Waals surface area contributed by atoms with Crippen LogP contribution in [0, 0.1) is 23.8 Å². The molecule has 0 aliphatic heterocycles. The van der Waals surface area contributed by atoms with Gasteiger partial charge in [0.25, 0.3) is 0 Å². The largest absolute Gasteiger partial charge is 0.0798 e. The fourth-order valence-corrected chi connectivity index (χ4v) is 0.818. The summed E-state index contributed by atoms with van der Waals surface area (Å²) in [7, 11) is 0. The van der Waals surface area contributed by atoms with Gasteiger partial charge in [0.2, 0.25) is 0 Å². The third-order valence-corrected chi connectivity index (χ3v) is 1.34. The Bertz CT molecular complexity index is 192. The summed E-state index contributed by atoms with van der Waals surface area (Å²) in [4.78, 5) is 0. The number of allylic oxidation sites excluding steroid dienone is 4. The van der Waals surface area contributed by atoms with E-state index in [1.807, 2.05) is 0 Å². The molecular formula is C16H31Sn. The van der Waals surface area contributed by atoms with Gasteiger partial charge < -0.3 is 0 Å². The number of rotatable bonds is 1. The molecule has 0 spiro atoms. The van der Waals surface area contributed by atoms with Gasteiger partial charge in [-0.1, -0.05) is 67.5 Å². The van der Waals surface area contributed by atoms with E-state index in [0.717, 1.165) is 6.42 Å². The maximum absolute atomic E-state index is 3.26. The first-order valence-corrected chi connectivity index (χ1v) is 6.08. The van der Waals surface area contributed by atoms with Crippen LogP contribution in [-0.4, -0.2) is 23.9 Å². The molecule has 99 valence electrons. The third kappa shape index (κ3) is 26.1. The smallest absolute Gasteiger partial charge is 0 e. The van der Waals surface area contributed by atoms with Gasteiger partial charge in [-0.05, 0) is 35.8 Å². The van der Waals surface area contributed by atoms with E-state index in [4.69, 9.17) is 0 Å². The van der Waals surface area contributed by atoms with E-state index in [2.05, 4.69) is 73.6 Å². The third-order valence-electron chi connectivity index (χ3n) is 1.34. The Morgan fingerprint density at radius 3 is 1.53 bits per heavy atom. The SMILES string of the molecule is CC(C)C1=[C]CC=C1.C[C](C)C.C[C](C)C.[HH].[Sn]. The molecule has 0 N–H and O–H groups in total. The van der Waals surface area contributed by atoms with Gasteiger partial charge >= 0.3 is 0 Å². The number of hydrogen-bond donors (Lipinski definition) is 0. The Morgan fingerprint density at radius 1 is 1.06 bits per heavy atom. The van der Waals surface area contributed by atoms with Gasteiger partial charge in [-0.3, -0.25) is 0 Å². The topological polar surface area (TPSA) is 0 Å². The van der Waals surface area contributed by atoms with E-state index in [9.17, 15) is 0 Å². The summed E-state index contributed by atoms with van der Waals surface area (Å²) in [5.41, 5.74) is 1.37. The molecule has 0 heterocycles. The van der Waals surface area contributed by atoms with Crippen LogP contribution in [-0.2, 0) is 0 Å². The van der Waals surface area contributed by atoms with Gasteiger partial charge in [0.05, 0.1) is 0 Å². The van der Waals surface area contributed by atoms with Crippen LogP contribution in [0.25, 0.3) is 0 Å². The molecule has 0 atom stereocenters. The summed E-state index contributed by atoms with van der Waals surface area (Å²) in [6.45, 7) is 16.9. The van der Waals surface area contributed by atoms with Crippen LogP contribution < -0.4 is 0 Å². The minimum Gasteiger partial charge on any atom is -0.0798 e. The van der Waals surface area contributed by atoms with Crippen molar-refractivity contribution < 1.29 is 1.43 Å². The first kappa shape index (κ1) is 22.5. The summed E-state index contributed by atoms with van der Waals surface area (Å²) >= 11 is 0. The van der Waals surface area contributed by atoms with Crippen molar-refractivity contribution in [3.63, 3.8) is 0 Å². The van der Waals surface area contributed by atoms with Crippen LogP contribution in [0.15, 0.2) is 17.7 Å². The van der Waals surface area contributed by atoms with Crippen molar-refractivity contribution in [3.8, 4) is 0 Å². The first-order valence-electron chi connectivity index (χ1n) is 6.08. The molecule has 7 radical (unpaired) electrons. The van der Waals surface area contributed by atoms with E-state index < -0.39 is 0 Å². The van der Waals surface area contributed by atoms with Crippen molar-refractivity contribution in [2.75, 3.05) is 0 Å². The quantitative estimate of drug-likeness (QED) is 0.557. The van der Waals surface area contributed by atoms with E-state index >= 15 is 0 Å². The Morgan fingerprint density at radius 2 is 1.41 bits per heavy atom. The fraction of sp³-hybridized carbons (Fsp3) is 0.625. The van der Waals surface area contributed by atoms with E-state index in [1.165, 1.54) is 17.4 Å². The van der Waals surface area contributed by atoms with Crippen molar-refractivity contribution in [3.05, 3.63) is 35.6 Å². The minimum absolute atomic E-state index is 0. The van der Waals surface area contributed by atoms with Crippen LogP contribution in [0.4, 0.5) is 0 Å². The van der Waals surface area contributed by atoms with Crippen molar-refractivity contribution in [2.45, 2.75) is 61.8 Å². The Hall–Kier alpha value is 0.279. The second kappa shape index (κ2) is 14.3. The van der Waals surface area contributed by atoms with Gasteiger partial charge in [0.15, 0.2) is 0 Å². The van der Waals surface area contributed by atoms with Crippen molar-refractivity contribution in [1.82, 2.24) is 0 Å². The monoisotopic (exact) mass is 343 g/mol. The fourth-order valence-electron chi connectivity index (χ4n) is 0.818. The predicted molar refractivity (Wildman–Crippen MR) is 83.7 cm³/mol. The van der Waals surface area contributed by atoms with Crippen molar-refractivity contribution >= 4 is 23.9 Å².